The van der Waals surface area contributed by atoms with Gasteiger partial charge in [-0.1, -0.05) is 58.0 Å². The van der Waals surface area contributed by atoms with E-state index in [9.17, 15) is 53.7 Å². The van der Waals surface area contributed by atoms with E-state index in [0.717, 1.165) is 0 Å². The molecule has 0 heterocycles. The summed E-state index contributed by atoms with van der Waals surface area (Å²) >= 11 is 1.46. The highest BCUT2D eigenvalue weighted by Gasteiger charge is 2.35. The van der Waals surface area contributed by atoms with E-state index in [1.165, 1.54) is 18.7 Å². The molecule has 0 saturated carbocycles. The van der Waals surface area contributed by atoms with Crippen LogP contribution in [0.2, 0.25) is 0 Å². The van der Waals surface area contributed by atoms with Crippen molar-refractivity contribution in [3.63, 3.8) is 0 Å². The number of nitrogens with two attached hydrogens (primary N) is 1. The number of hydrogen-bond acceptors (Lipinski definition) is 11. The molecule has 0 bridgehead atoms. The fourth-order valence-corrected chi connectivity index (χ4v) is 6.22. The number of rotatable bonds is 27. The van der Waals surface area contributed by atoms with E-state index in [4.69, 9.17) is 10.8 Å². The van der Waals surface area contributed by atoms with Gasteiger partial charge in [-0.2, -0.15) is 11.8 Å². The van der Waals surface area contributed by atoms with Gasteiger partial charge in [0.2, 0.25) is 29.5 Å². The lowest BCUT2D eigenvalue weighted by molar-refractivity contribution is -0.143. The number of carboxylic acid groups (broad SMARTS) is 3. The van der Waals surface area contributed by atoms with E-state index in [2.05, 4.69) is 26.6 Å². The lowest BCUT2D eigenvalue weighted by Gasteiger charge is -2.31. The first-order valence-electron chi connectivity index (χ1n) is 18.8. The molecule has 0 unspecified atom stereocenters. The van der Waals surface area contributed by atoms with Gasteiger partial charge in [0.25, 0.3) is 0 Å². The number of nitrogens with one attached hydrogen (secondary N) is 5. The zero-order chi connectivity index (χ0) is 43.4. The third-order valence-electron chi connectivity index (χ3n) is 9.24. The third kappa shape index (κ3) is 18.8. The normalized spacial score (nSPS) is 15.5. The molecule has 0 aliphatic heterocycles. The van der Waals surface area contributed by atoms with Crippen LogP contribution in [-0.4, -0.2) is 122 Å². The second-order valence-corrected chi connectivity index (χ2v) is 15.6. The Bertz CT molecular complexity index is 1510. The van der Waals surface area contributed by atoms with Gasteiger partial charge in [-0.05, 0) is 62.0 Å². The first kappa shape index (κ1) is 50.3. The van der Waals surface area contributed by atoms with Crippen LogP contribution in [0.15, 0.2) is 30.3 Å². The van der Waals surface area contributed by atoms with Gasteiger partial charge in [0, 0.05) is 25.2 Å². The van der Waals surface area contributed by atoms with Crippen LogP contribution in [0, 0.1) is 17.8 Å². The topological polar surface area (TPSA) is 304 Å². The lowest BCUT2D eigenvalue weighted by Crippen LogP contribution is -2.57. The summed E-state index contributed by atoms with van der Waals surface area (Å²) < 4.78 is 0. The molecule has 1 aromatic carbocycles. The largest absolute Gasteiger partial charge is 0.481 e. The Kier molecular flexibility index (Phi) is 22.5. The zero-order valence-electron chi connectivity index (χ0n) is 33.4. The summed E-state index contributed by atoms with van der Waals surface area (Å²) in [5, 5.41) is 52.1. The quantitative estimate of drug-likeness (QED) is 0.0569. The summed E-state index contributed by atoms with van der Waals surface area (Å²) in [4.78, 5) is 100. The van der Waals surface area contributed by atoms with Crippen molar-refractivity contribution in [1.82, 2.24) is 26.6 Å². The number of amides is 5. The van der Waals surface area contributed by atoms with E-state index in [0.29, 0.717) is 17.7 Å². The summed E-state index contributed by atoms with van der Waals surface area (Å²) in [6, 6.07) is 1.33. The molecule has 0 spiro atoms. The number of aliphatic carboxylic acids is 3. The summed E-state index contributed by atoms with van der Waals surface area (Å²) in [6.07, 6.45) is -0.700. The number of carbonyl (C=O) groups is 8. The van der Waals surface area contributed by atoms with Crippen molar-refractivity contribution < 1.29 is 58.8 Å². The molecule has 0 fully saturated rings. The Labute approximate surface area is 337 Å². The number of thioether (sulfide) groups is 1. The Morgan fingerprint density at radius 3 is 1.77 bits per heavy atom. The van der Waals surface area contributed by atoms with Gasteiger partial charge >= 0.3 is 17.9 Å². The van der Waals surface area contributed by atoms with Crippen molar-refractivity contribution in [3.05, 3.63) is 35.9 Å². The Morgan fingerprint density at radius 2 is 1.25 bits per heavy atom. The minimum absolute atomic E-state index is 0.0714. The van der Waals surface area contributed by atoms with E-state index >= 15 is 0 Å². The molecule has 5 amide bonds. The SMILES string of the molecule is CSCC[C@H](NC(=O)[C@@H](NC(=O)[C@@H](N)CCC(=O)O)C(C)C)[C@@H](O)C[C@H](C(=O)N[C@@H](C)C(=O)N[C@@H](CCC(=O)O)C(=O)N[C@@H](Cc1ccccc1)C(=O)O)C(C)C. The standard InChI is InChI=1S/C38H60N6O12S/c1-20(2)24(19-29(45)26(16-17-57-6)41-37(54)32(21(3)4)44-35(52)25(39)12-14-30(46)47)34(51)40-22(5)33(50)42-27(13-15-31(48)49)36(53)43-28(38(55)56)18-23-10-8-7-9-11-23/h7-11,20-22,24-29,32,45H,12-19,39H2,1-6H3,(H,40,51)(H,41,54)(H,42,50)(H,43,53)(H,44,52)(H,46,47)(H,48,49)(H,55,56)/t22-,24-,25-,26-,27-,28-,29-,32-/m0/s1. The van der Waals surface area contributed by atoms with Crippen LogP contribution >= 0.6 is 11.8 Å². The second kappa shape index (κ2) is 25.5. The molecule has 0 aliphatic rings. The molecule has 0 saturated heterocycles. The van der Waals surface area contributed by atoms with E-state index < -0.39 is 108 Å². The molecule has 0 aromatic heterocycles. The highest BCUT2D eigenvalue weighted by molar-refractivity contribution is 7.98. The van der Waals surface area contributed by atoms with Crippen LogP contribution in [0.3, 0.4) is 0 Å². The number of hydrogen-bond donors (Lipinski definition) is 10. The number of benzene rings is 1. The lowest BCUT2D eigenvalue weighted by atomic mass is 9.86. The second-order valence-electron chi connectivity index (χ2n) is 14.6. The molecule has 11 N–H and O–H groups in total. The Balaban J connectivity index is 3.08. The molecule has 0 aliphatic carbocycles. The van der Waals surface area contributed by atoms with E-state index in [1.807, 2.05) is 6.26 Å². The van der Waals surface area contributed by atoms with Crippen molar-refractivity contribution in [2.45, 2.75) is 122 Å². The molecule has 1 rings (SSSR count). The summed E-state index contributed by atoms with van der Waals surface area (Å²) in [7, 11) is 0. The number of carbonyl (C=O) groups excluding carboxylic acids is 5. The van der Waals surface area contributed by atoms with Crippen LogP contribution in [0.4, 0.5) is 0 Å². The minimum atomic E-state index is -1.45. The third-order valence-corrected chi connectivity index (χ3v) is 9.89. The summed E-state index contributed by atoms with van der Waals surface area (Å²) in [5.41, 5.74) is 6.46. The van der Waals surface area contributed by atoms with Crippen molar-refractivity contribution >= 4 is 59.2 Å². The average molecular weight is 825 g/mol. The van der Waals surface area contributed by atoms with E-state index in [1.54, 1.807) is 58.0 Å². The summed E-state index contributed by atoms with van der Waals surface area (Å²) in [5.74, 6) is -8.56. The van der Waals surface area contributed by atoms with Gasteiger partial charge in [-0.25, -0.2) is 4.79 Å². The van der Waals surface area contributed by atoms with Crippen LogP contribution in [-0.2, 0) is 44.8 Å². The van der Waals surface area contributed by atoms with Crippen molar-refractivity contribution in [1.29, 1.82) is 0 Å². The highest BCUT2D eigenvalue weighted by atomic mass is 32.2. The molecule has 57 heavy (non-hydrogen) atoms. The van der Waals surface area contributed by atoms with Crippen molar-refractivity contribution in [2.24, 2.45) is 23.5 Å². The van der Waals surface area contributed by atoms with Crippen molar-refractivity contribution in [3.8, 4) is 0 Å². The van der Waals surface area contributed by atoms with Gasteiger partial charge in [0.1, 0.15) is 24.2 Å². The monoisotopic (exact) mass is 824 g/mol. The van der Waals surface area contributed by atoms with Gasteiger partial charge in [0.15, 0.2) is 0 Å². The maximum atomic E-state index is 13.6. The van der Waals surface area contributed by atoms with Gasteiger partial charge in [0.05, 0.1) is 18.2 Å². The average Bonchev–Trinajstić information content (AvgIpc) is 3.14. The Hall–Kier alpha value is -4.75. The first-order chi connectivity index (χ1) is 26.7. The first-order valence-corrected chi connectivity index (χ1v) is 20.2. The minimum Gasteiger partial charge on any atom is -0.481 e. The smallest absolute Gasteiger partial charge is 0.326 e. The van der Waals surface area contributed by atoms with E-state index in [-0.39, 0.29) is 38.0 Å². The Morgan fingerprint density at radius 1 is 0.667 bits per heavy atom. The molecule has 320 valence electrons. The van der Waals surface area contributed by atoms with Crippen LogP contribution < -0.4 is 32.3 Å². The maximum absolute atomic E-state index is 13.6. The van der Waals surface area contributed by atoms with Crippen LogP contribution in [0.25, 0.3) is 0 Å². The fourth-order valence-electron chi connectivity index (χ4n) is 5.73. The molecular weight excluding hydrogens is 765 g/mol. The molecular formula is C38H60N6O12S. The zero-order valence-corrected chi connectivity index (χ0v) is 34.2. The van der Waals surface area contributed by atoms with Crippen molar-refractivity contribution in [2.75, 3.05) is 12.0 Å². The molecule has 18 nitrogen and oxygen atoms in total. The molecule has 0 radical (unpaired) electrons. The van der Waals surface area contributed by atoms with Crippen LogP contribution in [0.1, 0.15) is 78.7 Å². The van der Waals surface area contributed by atoms with Crippen LogP contribution in [0.5, 0.6) is 0 Å². The summed E-state index contributed by atoms with van der Waals surface area (Å²) in [6.45, 7) is 8.19. The predicted molar refractivity (Wildman–Crippen MR) is 212 cm³/mol. The predicted octanol–water partition coefficient (Wildman–Crippen LogP) is 0.247. The van der Waals surface area contributed by atoms with Gasteiger partial charge in [-0.15, -0.1) is 0 Å². The number of carboxylic acids is 3. The van der Waals surface area contributed by atoms with Gasteiger partial charge < -0.3 is 52.7 Å². The molecule has 8 atom stereocenters. The number of aliphatic hydroxyl groups is 1. The number of aliphatic hydroxyl groups excluding tert-OH is 1. The maximum Gasteiger partial charge on any atom is 0.326 e. The van der Waals surface area contributed by atoms with Gasteiger partial charge in [-0.3, -0.25) is 33.6 Å². The molecule has 19 heteroatoms. The fraction of sp³-hybridized carbons (Fsp3) is 0.632. The molecule has 1 aromatic rings. The highest BCUT2D eigenvalue weighted by Crippen LogP contribution is 2.22.